The van der Waals surface area contributed by atoms with E-state index in [0.29, 0.717) is 33.8 Å². The first kappa shape index (κ1) is 28.4. The molecule has 0 radical (unpaired) electrons. The van der Waals surface area contributed by atoms with E-state index in [-0.39, 0.29) is 22.1 Å². The zero-order valence-corrected chi connectivity index (χ0v) is 23.8. The van der Waals surface area contributed by atoms with Crippen LogP contribution in [0.2, 0.25) is 0 Å². The van der Waals surface area contributed by atoms with E-state index in [1.54, 1.807) is 93.8 Å². The van der Waals surface area contributed by atoms with E-state index < -0.39 is 15.9 Å². The van der Waals surface area contributed by atoms with Crippen LogP contribution >= 0.6 is 0 Å². The monoisotopic (exact) mass is 557 g/mol. The fraction of sp³-hybridized carbons (Fsp3) is 0.161. The first-order chi connectivity index (χ1) is 19.0. The Labute approximate surface area is 234 Å². The number of aryl methyl sites for hydroxylation is 2. The van der Waals surface area contributed by atoms with Gasteiger partial charge in [0.25, 0.3) is 21.8 Å². The van der Waals surface area contributed by atoms with Crippen LogP contribution in [-0.2, 0) is 10.0 Å². The van der Waals surface area contributed by atoms with Gasteiger partial charge in [-0.25, -0.2) is 8.42 Å². The molecule has 40 heavy (non-hydrogen) atoms. The maximum atomic E-state index is 13.5. The van der Waals surface area contributed by atoms with Crippen molar-refractivity contribution in [3.63, 3.8) is 0 Å². The average molecular weight is 558 g/mol. The zero-order chi connectivity index (χ0) is 29.0. The van der Waals surface area contributed by atoms with Crippen molar-refractivity contribution in [1.29, 1.82) is 0 Å². The first-order valence-corrected chi connectivity index (χ1v) is 14.0. The minimum absolute atomic E-state index is 0.159. The first-order valence-electron chi connectivity index (χ1n) is 12.6. The van der Waals surface area contributed by atoms with Gasteiger partial charge in [-0.15, -0.1) is 0 Å². The second kappa shape index (κ2) is 11.6. The van der Waals surface area contributed by atoms with Crippen LogP contribution < -0.4 is 20.1 Å². The molecule has 0 unspecified atom stereocenters. The third-order valence-electron chi connectivity index (χ3n) is 6.73. The highest BCUT2D eigenvalue weighted by atomic mass is 32.2. The van der Waals surface area contributed by atoms with Gasteiger partial charge < -0.3 is 15.4 Å². The molecule has 4 rings (SSSR count). The number of sulfonamides is 1. The summed E-state index contributed by atoms with van der Waals surface area (Å²) in [7, 11) is -2.41. The molecule has 0 heterocycles. The van der Waals surface area contributed by atoms with Gasteiger partial charge in [-0.2, -0.15) is 0 Å². The fourth-order valence-electron chi connectivity index (χ4n) is 4.33. The smallest absolute Gasteiger partial charge is 0.262 e. The Morgan fingerprint density at radius 3 is 1.80 bits per heavy atom. The molecule has 0 aliphatic rings. The molecule has 0 spiro atoms. The van der Waals surface area contributed by atoms with Crippen LogP contribution in [0, 0.1) is 27.7 Å². The van der Waals surface area contributed by atoms with E-state index in [1.165, 1.54) is 0 Å². The largest absolute Gasteiger partial charge is 0.497 e. The molecule has 4 aromatic carbocycles. The predicted molar refractivity (Wildman–Crippen MR) is 158 cm³/mol. The minimum Gasteiger partial charge on any atom is -0.497 e. The summed E-state index contributed by atoms with van der Waals surface area (Å²) in [6.07, 6.45) is 0. The number of ether oxygens (including phenoxy) is 1. The molecule has 0 saturated carbocycles. The Kier molecular flexibility index (Phi) is 8.25. The Morgan fingerprint density at radius 1 is 0.700 bits per heavy atom. The second-order valence-electron chi connectivity index (χ2n) is 9.45. The molecule has 4 aromatic rings. The quantitative estimate of drug-likeness (QED) is 0.238. The Balaban J connectivity index is 1.50. The average Bonchev–Trinajstić information content (AvgIpc) is 2.92. The normalized spacial score (nSPS) is 11.0. The number of carbonyl (C=O) groups excluding carboxylic acids is 2. The molecule has 9 heteroatoms. The summed E-state index contributed by atoms with van der Waals surface area (Å²) in [6.45, 7) is 7.29. The standard InChI is InChI=1S/C31H31N3O5S/c1-19-18-20(2)22(4)29(21(19)3)40(37,38)34-28-9-7-6-8-27(28)31(36)33-24-12-10-23(11-13-24)30(35)32-25-14-16-26(39-5)17-15-25/h6-18,34H,1-5H3,(H,32,35)(H,33,36). The molecule has 0 aromatic heterocycles. The number of amides is 2. The molecule has 0 bridgehead atoms. The van der Waals surface area contributed by atoms with Gasteiger partial charge in [-0.1, -0.05) is 18.2 Å². The lowest BCUT2D eigenvalue weighted by Crippen LogP contribution is -2.20. The van der Waals surface area contributed by atoms with Crippen LogP contribution in [0.5, 0.6) is 5.75 Å². The van der Waals surface area contributed by atoms with Crippen LogP contribution in [0.1, 0.15) is 43.0 Å². The van der Waals surface area contributed by atoms with Crippen molar-refractivity contribution in [1.82, 2.24) is 0 Å². The number of methoxy groups -OCH3 is 1. The Bertz CT molecular complexity index is 1650. The Hall–Kier alpha value is -4.63. The van der Waals surface area contributed by atoms with Gasteiger partial charge >= 0.3 is 0 Å². The summed E-state index contributed by atoms with van der Waals surface area (Å²) < 4.78 is 34.7. The van der Waals surface area contributed by atoms with Crippen molar-refractivity contribution in [2.24, 2.45) is 0 Å². The highest BCUT2D eigenvalue weighted by molar-refractivity contribution is 7.92. The lowest BCUT2D eigenvalue weighted by Gasteiger charge is -2.18. The molecule has 0 atom stereocenters. The number of anilines is 3. The molecule has 206 valence electrons. The van der Waals surface area contributed by atoms with Crippen LogP contribution in [0.25, 0.3) is 0 Å². The number of nitrogens with one attached hydrogen (secondary N) is 3. The molecular formula is C31H31N3O5S. The van der Waals surface area contributed by atoms with Gasteiger partial charge in [0.1, 0.15) is 5.75 Å². The third kappa shape index (κ3) is 6.16. The summed E-state index contributed by atoms with van der Waals surface area (Å²) in [5.74, 6) is -0.120. The highest BCUT2D eigenvalue weighted by Crippen LogP contribution is 2.29. The van der Waals surface area contributed by atoms with E-state index in [9.17, 15) is 18.0 Å². The molecule has 0 aliphatic carbocycles. The molecule has 2 amide bonds. The van der Waals surface area contributed by atoms with Crippen LogP contribution in [0.4, 0.5) is 17.1 Å². The van der Waals surface area contributed by atoms with Crippen molar-refractivity contribution in [2.45, 2.75) is 32.6 Å². The van der Waals surface area contributed by atoms with Crippen LogP contribution in [0.3, 0.4) is 0 Å². The molecule has 0 fully saturated rings. The SMILES string of the molecule is COc1ccc(NC(=O)c2ccc(NC(=O)c3ccccc3NS(=O)(=O)c3c(C)c(C)cc(C)c3C)cc2)cc1. The number of benzene rings is 4. The van der Waals surface area contributed by atoms with E-state index in [0.717, 1.165) is 11.1 Å². The van der Waals surface area contributed by atoms with Crippen molar-refractivity contribution >= 4 is 38.9 Å². The summed E-state index contributed by atoms with van der Waals surface area (Å²) in [6, 6.07) is 21.7. The van der Waals surface area contributed by atoms with Gasteiger partial charge in [-0.05, 0) is 111 Å². The number of para-hydroxylation sites is 1. The summed E-state index contributed by atoms with van der Waals surface area (Å²) in [4.78, 5) is 26.0. The minimum atomic E-state index is -3.97. The Morgan fingerprint density at radius 2 is 1.23 bits per heavy atom. The molecule has 0 aliphatic heterocycles. The van der Waals surface area contributed by atoms with Crippen molar-refractivity contribution in [3.05, 3.63) is 112 Å². The van der Waals surface area contributed by atoms with Gasteiger partial charge in [0, 0.05) is 16.9 Å². The predicted octanol–water partition coefficient (Wildman–Crippen LogP) is 6.23. The van der Waals surface area contributed by atoms with E-state index in [1.807, 2.05) is 19.9 Å². The molecule has 8 nitrogen and oxygen atoms in total. The van der Waals surface area contributed by atoms with E-state index in [4.69, 9.17) is 4.74 Å². The van der Waals surface area contributed by atoms with Gasteiger partial charge in [0.05, 0.1) is 23.3 Å². The maximum Gasteiger partial charge on any atom is 0.262 e. The van der Waals surface area contributed by atoms with E-state index >= 15 is 0 Å². The number of hydrogen-bond donors (Lipinski definition) is 3. The molecule has 0 saturated heterocycles. The lowest BCUT2D eigenvalue weighted by atomic mass is 10.0. The van der Waals surface area contributed by atoms with Gasteiger partial charge in [0.2, 0.25) is 0 Å². The summed E-state index contributed by atoms with van der Waals surface area (Å²) in [5, 5.41) is 5.58. The maximum absolute atomic E-state index is 13.5. The van der Waals surface area contributed by atoms with E-state index in [2.05, 4.69) is 15.4 Å². The topological polar surface area (TPSA) is 114 Å². The number of carbonyl (C=O) groups is 2. The van der Waals surface area contributed by atoms with Gasteiger partial charge in [0.15, 0.2) is 0 Å². The lowest BCUT2D eigenvalue weighted by molar-refractivity contribution is 0.102. The molecule has 3 N–H and O–H groups in total. The van der Waals surface area contributed by atoms with Gasteiger partial charge in [-0.3, -0.25) is 14.3 Å². The number of rotatable bonds is 8. The van der Waals surface area contributed by atoms with Crippen molar-refractivity contribution in [3.8, 4) is 5.75 Å². The molecular weight excluding hydrogens is 526 g/mol. The summed E-state index contributed by atoms with van der Waals surface area (Å²) >= 11 is 0. The number of hydrogen-bond acceptors (Lipinski definition) is 5. The second-order valence-corrected chi connectivity index (χ2v) is 11.1. The third-order valence-corrected chi connectivity index (χ3v) is 8.37. The van der Waals surface area contributed by atoms with Crippen LogP contribution in [-0.4, -0.2) is 27.3 Å². The van der Waals surface area contributed by atoms with Crippen LogP contribution in [0.15, 0.2) is 83.8 Å². The highest BCUT2D eigenvalue weighted by Gasteiger charge is 2.24. The zero-order valence-electron chi connectivity index (χ0n) is 23.0. The summed E-state index contributed by atoms with van der Waals surface area (Å²) in [5.41, 5.74) is 4.85. The van der Waals surface area contributed by atoms with Crippen molar-refractivity contribution in [2.75, 3.05) is 22.5 Å². The fourth-order valence-corrected chi connectivity index (χ4v) is 6.03. The van der Waals surface area contributed by atoms with Crippen molar-refractivity contribution < 1.29 is 22.7 Å².